The van der Waals surface area contributed by atoms with Crippen LogP contribution in [0.1, 0.15) is 30.0 Å². The lowest BCUT2D eigenvalue weighted by molar-refractivity contribution is -0.143. The van der Waals surface area contributed by atoms with Gasteiger partial charge in [-0.25, -0.2) is 0 Å². The Kier molecular flexibility index (Phi) is 5.26. The first-order valence-corrected chi connectivity index (χ1v) is 9.60. The summed E-state index contributed by atoms with van der Waals surface area (Å²) < 4.78 is 5.31. The molecule has 1 aliphatic rings. The number of nitrogens with zero attached hydrogens (tertiary/aromatic N) is 2. The molecule has 5 heteroatoms. The van der Waals surface area contributed by atoms with Crippen LogP contribution in [0.2, 0.25) is 0 Å². The number of hydrogen-bond acceptors (Lipinski definition) is 4. The molecule has 2 aromatic carbocycles. The van der Waals surface area contributed by atoms with Gasteiger partial charge < -0.3 is 9.84 Å². The molecule has 144 valence electrons. The minimum absolute atomic E-state index is 0.00521. The molecule has 3 aromatic rings. The van der Waals surface area contributed by atoms with Crippen molar-refractivity contribution < 1.29 is 14.6 Å². The molecule has 1 fully saturated rings. The third-order valence-electron chi connectivity index (χ3n) is 5.58. The SMILES string of the molecule is COc1ccc(C(c2ccc3cnccc3c2)N2CCCC(C(=O)O)C2)cc1. The van der Waals surface area contributed by atoms with Crippen LogP contribution in [0.4, 0.5) is 0 Å². The Morgan fingerprint density at radius 2 is 1.93 bits per heavy atom. The minimum Gasteiger partial charge on any atom is -0.497 e. The van der Waals surface area contributed by atoms with Crippen LogP contribution in [0.15, 0.2) is 60.9 Å². The number of benzene rings is 2. The number of carboxylic acids is 1. The van der Waals surface area contributed by atoms with E-state index in [1.54, 1.807) is 13.3 Å². The van der Waals surface area contributed by atoms with Crippen molar-refractivity contribution in [3.8, 4) is 5.75 Å². The van der Waals surface area contributed by atoms with Crippen LogP contribution in [-0.2, 0) is 4.79 Å². The Balaban J connectivity index is 1.76. The zero-order valence-corrected chi connectivity index (χ0v) is 15.9. The van der Waals surface area contributed by atoms with Crippen LogP contribution < -0.4 is 4.74 Å². The zero-order chi connectivity index (χ0) is 19.5. The third kappa shape index (κ3) is 3.71. The van der Waals surface area contributed by atoms with E-state index in [0.717, 1.165) is 47.0 Å². The van der Waals surface area contributed by atoms with Crippen molar-refractivity contribution in [1.29, 1.82) is 0 Å². The van der Waals surface area contributed by atoms with Gasteiger partial charge in [-0.05, 0) is 60.2 Å². The molecule has 1 N–H and O–H groups in total. The lowest BCUT2D eigenvalue weighted by atomic mass is 9.90. The number of aromatic nitrogens is 1. The van der Waals surface area contributed by atoms with Crippen LogP contribution in [0.5, 0.6) is 5.75 Å². The lowest BCUT2D eigenvalue weighted by Gasteiger charge is -2.37. The van der Waals surface area contributed by atoms with E-state index < -0.39 is 5.97 Å². The first kappa shape index (κ1) is 18.4. The second-order valence-corrected chi connectivity index (χ2v) is 7.33. The van der Waals surface area contributed by atoms with Crippen molar-refractivity contribution in [2.45, 2.75) is 18.9 Å². The number of fused-ring (bicyclic) bond motifs is 1. The first-order valence-electron chi connectivity index (χ1n) is 9.60. The minimum atomic E-state index is -0.706. The molecule has 0 aliphatic carbocycles. The highest BCUT2D eigenvalue weighted by atomic mass is 16.5. The fourth-order valence-electron chi connectivity index (χ4n) is 4.11. The summed E-state index contributed by atoms with van der Waals surface area (Å²) in [5.41, 5.74) is 2.30. The van der Waals surface area contributed by atoms with Crippen LogP contribution >= 0.6 is 0 Å². The monoisotopic (exact) mass is 376 g/mol. The number of piperidine rings is 1. The van der Waals surface area contributed by atoms with Crippen molar-refractivity contribution in [3.63, 3.8) is 0 Å². The van der Waals surface area contributed by atoms with Gasteiger partial charge in [0.25, 0.3) is 0 Å². The summed E-state index contributed by atoms with van der Waals surface area (Å²) in [6.07, 6.45) is 5.30. The molecule has 0 saturated carbocycles. The Morgan fingerprint density at radius 3 is 2.68 bits per heavy atom. The van der Waals surface area contributed by atoms with Crippen molar-refractivity contribution in [2.24, 2.45) is 5.92 Å². The molecule has 0 bridgehead atoms. The molecular weight excluding hydrogens is 352 g/mol. The van der Waals surface area contributed by atoms with Gasteiger partial charge in [-0.15, -0.1) is 0 Å². The normalized spacial score (nSPS) is 18.7. The molecule has 0 amide bonds. The maximum Gasteiger partial charge on any atom is 0.307 e. The highest BCUT2D eigenvalue weighted by molar-refractivity contribution is 5.82. The van der Waals surface area contributed by atoms with E-state index in [0.29, 0.717) is 6.54 Å². The van der Waals surface area contributed by atoms with Crippen LogP contribution in [0, 0.1) is 5.92 Å². The predicted octanol–water partition coefficient (Wildman–Crippen LogP) is 4.13. The van der Waals surface area contributed by atoms with E-state index in [1.807, 2.05) is 24.4 Å². The Hall–Kier alpha value is -2.92. The van der Waals surface area contributed by atoms with Gasteiger partial charge in [0.1, 0.15) is 5.75 Å². The summed E-state index contributed by atoms with van der Waals surface area (Å²) in [5.74, 6) is -0.212. The second kappa shape index (κ2) is 7.98. The average Bonchev–Trinajstić information content (AvgIpc) is 2.74. The van der Waals surface area contributed by atoms with Crippen LogP contribution in [0.25, 0.3) is 10.8 Å². The summed E-state index contributed by atoms with van der Waals surface area (Å²) in [6.45, 7) is 1.44. The maximum atomic E-state index is 11.6. The molecular formula is C23H24N2O3. The molecule has 1 saturated heterocycles. The van der Waals surface area contributed by atoms with Gasteiger partial charge >= 0.3 is 5.97 Å². The zero-order valence-electron chi connectivity index (χ0n) is 15.9. The molecule has 0 radical (unpaired) electrons. The summed E-state index contributed by atoms with van der Waals surface area (Å²) in [6, 6.07) is 16.5. The van der Waals surface area contributed by atoms with Gasteiger partial charge in [0, 0.05) is 24.3 Å². The van der Waals surface area contributed by atoms with Crippen LogP contribution in [0.3, 0.4) is 0 Å². The smallest absolute Gasteiger partial charge is 0.307 e. The highest BCUT2D eigenvalue weighted by Crippen LogP contribution is 2.34. The Morgan fingerprint density at radius 1 is 1.14 bits per heavy atom. The number of hydrogen-bond donors (Lipinski definition) is 1. The van der Waals surface area contributed by atoms with Gasteiger partial charge in [-0.2, -0.15) is 0 Å². The largest absolute Gasteiger partial charge is 0.497 e. The summed E-state index contributed by atoms with van der Waals surface area (Å²) in [7, 11) is 1.66. The second-order valence-electron chi connectivity index (χ2n) is 7.33. The van der Waals surface area contributed by atoms with Gasteiger partial charge in [-0.1, -0.05) is 24.3 Å². The van der Waals surface area contributed by atoms with E-state index in [1.165, 1.54) is 0 Å². The fourth-order valence-corrected chi connectivity index (χ4v) is 4.11. The summed E-state index contributed by atoms with van der Waals surface area (Å²) in [4.78, 5) is 18.1. The van der Waals surface area contributed by atoms with Gasteiger partial charge in [0.05, 0.1) is 19.1 Å². The van der Waals surface area contributed by atoms with E-state index >= 15 is 0 Å². The molecule has 28 heavy (non-hydrogen) atoms. The average molecular weight is 376 g/mol. The van der Waals surface area contributed by atoms with Crippen molar-refractivity contribution in [1.82, 2.24) is 9.88 Å². The number of methoxy groups -OCH3 is 1. The van der Waals surface area contributed by atoms with E-state index in [2.05, 4.69) is 40.2 Å². The summed E-state index contributed by atoms with van der Waals surface area (Å²) in [5, 5.41) is 11.8. The quantitative estimate of drug-likeness (QED) is 0.725. The highest BCUT2D eigenvalue weighted by Gasteiger charge is 2.31. The number of rotatable bonds is 5. The Bertz CT molecular complexity index is 971. The first-order chi connectivity index (χ1) is 13.7. The molecule has 2 unspecified atom stereocenters. The summed E-state index contributed by atoms with van der Waals surface area (Å²) >= 11 is 0. The number of aliphatic carboxylic acids is 1. The topological polar surface area (TPSA) is 62.7 Å². The molecule has 5 nitrogen and oxygen atoms in total. The molecule has 4 rings (SSSR count). The number of carbonyl (C=O) groups is 1. The third-order valence-corrected chi connectivity index (χ3v) is 5.58. The molecule has 1 aromatic heterocycles. The predicted molar refractivity (Wildman–Crippen MR) is 109 cm³/mol. The number of likely N-dealkylation sites (tertiary alicyclic amines) is 1. The van der Waals surface area contributed by atoms with Crippen molar-refractivity contribution >= 4 is 16.7 Å². The van der Waals surface area contributed by atoms with Gasteiger partial charge in [0.2, 0.25) is 0 Å². The van der Waals surface area contributed by atoms with Gasteiger partial charge in [0.15, 0.2) is 0 Å². The number of pyridine rings is 1. The van der Waals surface area contributed by atoms with E-state index in [-0.39, 0.29) is 12.0 Å². The van der Waals surface area contributed by atoms with E-state index in [4.69, 9.17) is 4.74 Å². The fraction of sp³-hybridized carbons (Fsp3) is 0.304. The molecule has 1 aliphatic heterocycles. The van der Waals surface area contributed by atoms with Crippen LogP contribution in [-0.4, -0.2) is 41.2 Å². The van der Waals surface area contributed by atoms with Crippen molar-refractivity contribution in [3.05, 3.63) is 72.1 Å². The number of carboxylic acid groups (broad SMARTS) is 1. The van der Waals surface area contributed by atoms with Gasteiger partial charge in [-0.3, -0.25) is 14.7 Å². The maximum absolute atomic E-state index is 11.6. The number of ether oxygens (including phenoxy) is 1. The van der Waals surface area contributed by atoms with Crippen molar-refractivity contribution in [2.75, 3.05) is 20.2 Å². The lowest BCUT2D eigenvalue weighted by Crippen LogP contribution is -2.41. The molecule has 2 heterocycles. The molecule has 0 spiro atoms. The molecule has 2 atom stereocenters. The standard InChI is InChI=1S/C23H24N2O3/c1-28-21-8-6-16(7-9-21)22(25-12-2-3-20(15-25)23(26)27)18-4-5-19-14-24-11-10-17(19)13-18/h4-11,13-14,20,22H,2-3,12,15H2,1H3,(H,26,27). The van der Waals surface area contributed by atoms with E-state index in [9.17, 15) is 9.90 Å². The Labute approximate surface area is 164 Å².